The summed E-state index contributed by atoms with van der Waals surface area (Å²) in [5, 5.41) is 3.28. The quantitative estimate of drug-likeness (QED) is 0.816. The van der Waals surface area contributed by atoms with Gasteiger partial charge in [-0.2, -0.15) is 0 Å². The van der Waals surface area contributed by atoms with E-state index in [1.807, 2.05) is 31.3 Å². The minimum Gasteiger partial charge on any atom is -0.497 e. The number of carbonyl (C=O) groups excluding carboxylic acids is 2. The Bertz CT molecular complexity index is 1010. The number of nitrogens with zero attached hydrogens (tertiary/aromatic N) is 3. The molecule has 2 aliphatic rings. The van der Waals surface area contributed by atoms with Gasteiger partial charge in [0.1, 0.15) is 5.75 Å². The van der Waals surface area contributed by atoms with Crippen LogP contribution in [0.25, 0.3) is 0 Å². The van der Waals surface area contributed by atoms with Gasteiger partial charge in [0.2, 0.25) is 5.91 Å². The third kappa shape index (κ3) is 4.02. The molecule has 0 radical (unpaired) electrons. The van der Waals surface area contributed by atoms with Gasteiger partial charge in [-0.15, -0.1) is 0 Å². The van der Waals surface area contributed by atoms with Crippen molar-refractivity contribution in [1.82, 2.24) is 20.1 Å². The van der Waals surface area contributed by atoms with Gasteiger partial charge in [0.05, 0.1) is 18.6 Å². The molecule has 0 saturated carbocycles. The van der Waals surface area contributed by atoms with E-state index in [2.05, 4.69) is 15.2 Å². The highest BCUT2D eigenvalue weighted by atomic mass is 16.5. The van der Waals surface area contributed by atoms with Crippen molar-refractivity contribution in [3.63, 3.8) is 0 Å². The smallest absolute Gasteiger partial charge is 0.252 e. The lowest BCUT2D eigenvalue weighted by Crippen LogP contribution is -2.57. The lowest BCUT2D eigenvalue weighted by Gasteiger charge is -2.35. The summed E-state index contributed by atoms with van der Waals surface area (Å²) in [5.74, 6) is 0.277. The number of hydrogen-bond donors (Lipinski definition) is 1. The lowest BCUT2D eigenvalue weighted by atomic mass is 9.81. The van der Waals surface area contributed by atoms with Crippen LogP contribution in [0.3, 0.4) is 0 Å². The van der Waals surface area contributed by atoms with Gasteiger partial charge in [-0.3, -0.25) is 19.5 Å². The van der Waals surface area contributed by atoms with Crippen LogP contribution >= 0.6 is 0 Å². The topological polar surface area (TPSA) is 74.8 Å². The van der Waals surface area contributed by atoms with Gasteiger partial charge in [0.15, 0.2) is 0 Å². The third-order valence-electron chi connectivity index (χ3n) is 6.65. The van der Waals surface area contributed by atoms with Gasteiger partial charge in [-0.25, -0.2) is 0 Å². The van der Waals surface area contributed by atoms with Crippen molar-refractivity contribution < 1.29 is 14.3 Å². The zero-order valence-corrected chi connectivity index (χ0v) is 18.6. The van der Waals surface area contributed by atoms with Crippen molar-refractivity contribution in [1.29, 1.82) is 0 Å². The molecule has 7 heteroatoms. The molecule has 1 aromatic carbocycles. The second-order valence-electron chi connectivity index (χ2n) is 8.89. The van der Waals surface area contributed by atoms with E-state index in [1.165, 1.54) is 5.56 Å². The van der Waals surface area contributed by atoms with Crippen molar-refractivity contribution in [2.45, 2.75) is 31.8 Å². The number of aromatic nitrogens is 1. The standard InChI is InChI=1S/C24H30N4O3/c1-16-12-25-10-8-18(16)13-28-14-21(23(30)27(2)3)24(15-28)9-7-17-5-6-19(31-4)11-20(17)22(29)26-24/h5-6,8,10-12,21H,7,9,13-15H2,1-4H3,(H,26,29)/t21-,24+/m1/s1. The summed E-state index contributed by atoms with van der Waals surface area (Å²) in [7, 11) is 5.16. The van der Waals surface area contributed by atoms with E-state index in [0.717, 1.165) is 24.1 Å². The molecular weight excluding hydrogens is 392 g/mol. The maximum absolute atomic E-state index is 13.3. The molecule has 31 heavy (non-hydrogen) atoms. The van der Waals surface area contributed by atoms with Crippen molar-refractivity contribution in [3.8, 4) is 5.75 Å². The molecule has 2 aromatic rings. The molecule has 2 amide bonds. The highest BCUT2D eigenvalue weighted by Crippen LogP contribution is 2.37. The van der Waals surface area contributed by atoms with Crippen LogP contribution in [-0.4, -0.2) is 66.4 Å². The Kier molecular flexibility index (Phi) is 5.71. The van der Waals surface area contributed by atoms with Gasteiger partial charge in [-0.1, -0.05) is 6.07 Å². The average molecular weight is 423 g/mol. The van der Waals surface area contributed by atoms with E-state index in [-0.39, 0.29) is 17.7 Å². The van der Waals surface area contributed by atoms with Crippen LogP contribution in [0.15, 0.2) is 36.7 Å². The van der Waals surface area contributed by atoms with Crippen LogP contribution in [-0.2, 0) is 17.8 Å². The van der Waals surface area contributed by atoms with Crippen LogP contribution in [0.5, 0.6) is 5.75 Å². The van der Waals surface area contributed by atoms with Gasteiger partial charge in [0, 0.05) is 51.7 Å². The molecule has 3 heterocycles. The number of pyridine rings is 1. The molecule has 0 bridgehead atoms. The van der Waals surface area contributed by atoms with Crippen molar-refractivity contribution in [2.75, 3.05) is 34.3 Å². The molecule has 1 N–H and O–H groups in total. The number of methoxy groups -OCH3 is 1. The number of ether oxygens (including phenoxy) is 1. The SMILES string of the molecule is COc1ccc2c(c1)C(=O)N[C@@]1(CC2)CN(Cc2ccncc2C)C[C@@H]1C(=O)N(C)C. The number of likely N-dealkylation sites (tertiary alicyclic amines) is 1. The minimum absolute atomic E-state index is 0.0535. The van der Waals surface area contributed by atoms with Crippen molar-refractivity contribution >= 4 is 11.8 Å². The van der Waals surface area contributed by atoms with Crippen LogP contribution < -0.4 is 10.1 Å². The summed E-state index contributed by atoms with van der Waals surface area (Å²) in [6.45, 7) is 4.02. The van der Waals surface area contributed by atoms with Gasteiger partial charge in [-0.05, 0) is 54.7 Å². The molecule has 2 aliphatic heterocycles. The second kappa shape index (κ2) is 8.30. The number of nitrogens with one attached hydrogen (secondary N) is 1. The molecule has 7 nitrogen and oxygen atoms in total. The molecule has 2 atom stereocenters. The Morgan fingerprint density at radius 1 is 1.35 bits per heavy atom. The summed E-state index contributed by atoms with van der Waals surface area (Å²) in [6.07, 6.45) is 5.11. The highest BCUT2D eigenvalue weighted by Gasteiger charge is 2.52. The highest BCUT2D eigenvalue weighted by molar-refractivity contribution is 5.97. The van der Waals surface area contributed by atoms with Crippen molar-refractivity contribution in [3.05, 3.63) is 58.9 Å². The van der Waals surface area contributed by atoms with Crippen LogP contribution in [0.1, 0.15) is 33.5 Å². The molecule has 164 valence electrons. The van der Waals surface area contributed by atoms with E-state index in [1.54, 1.807) is 38.4 Å². The van der Waals surface area contributed by atoms with Gasteiger partial charge in [0.25, 0.3) is 5.91 Å². The van der Waals surface area contributed by atoms with E-state index >= 15 is 0 Å². The van der Waals surface area contributed by atoms with Crippen LogP contribution in [0, 0.1) is 12.8 Å². The first-order chi connectivity index (χ1) is 14.8. The Morgan fingerprint density at radius 3 is 2.87 bits per heavy atom. The minimum atomic E-state index is -0.606. The van der Waals surface area contributed by atoms with E-state index in [4.69, 9.17) is 4.74 Å². The predicted molar refractivity (Wildman–Crippen MR) is 118 cm³/mol. The van der Waals surface area contributed by atoms with Crippen LogP contribution in [0.4, 0.5) is 0 Å². The Labute approximate surface area is 183 Å². The van der Waals surface area contributed by atoms with Crippen molar-refractivity contribution in [2.24, 2.45) is 5.92 Å². The summed E-state index contributed by atoms with van der Waals surface area (Å²) in [4.78, 5) is 34.6. The fraction of sp³-hybridized carbons (Fsp3) is 0.458. The summed E-state index contributed by atoms with van der Waals surface area (Å²) in [6, 6.07) is 7.67. The predicted octanol–water partition coefficient (Wildman–Crippen LogP) is 2.03. The number of fused-ring (bicyclic) bond motifs is 1. The summed E-state index contributed by atoms with van der Waals surface area (Å²) < 4.78 is 5.32. The van der Waals surface area contributed by atoms with Gasteiger partial charge >= 0.3 is 0 Å². The molecule has 1 aromatic heterocycles. The number of rotatable bonds is 4. The first-order valence-corrected chi connectivity index (χ1v) is 10.7. The average Bonchev–Trinajstić information content (AvgIpc) is 3.03. The Morgan fingerprint density at radius 2 is 2.16 bits per heavy atom. The second-order valence-corrected chi connectivity index (χ2v) is 8.89. The Hall–Kier alpha value is -2.93. The summed E-state index contributed by atoms with van der Waals surface area (Å²) >= 11 is 0. The lowest BCUT2D eigenvalue weighted by molar-refractivity contribution is -0.134. The fourth-order valence-corrected chi connectivity index (χ4v) is 4.88. The number of carbonyl (C=O) groups is 2. The maximum Gasteiger partial charge on any atom is 0.252 e. The van der Waals surface area contributed by atoms with E-state index in [0.29, 0.717) is 30.8 Å². The molecular formula is C24H30N4O3. The third-order valence-corrected chi connectivity index (χ3v) is 6.65. The fourth-order valence-electron chi connectivity index (χ4n) is 4.88. The normalized spacial score (nSPS) is 23.2. The molecule has 0 unspecified atom stereocenters. The number of hydrogen-bond acceptors (Lipinski definition) is 5. The number of amides is 2. The molecule has 1 spiro atoms. The first-order valence-electron chi connectivity index (χ1n) is 10.7. The maximum atomic E-state index is 13.3. The number of aryl methyl sites for hydroxylation is 2. The molecule has 1 fully saturated rings. The van der Waals surface area contributed by atoms with Gasteiger partial charge < -0.3 is 15.0 Å². The Balaban J connectivity index is 1.66. The van der Waals surface area contributed by atoms with E-state index in [9.17, 15) is 9.59 Å². The summed E-state index contributed by atoms with van der Waals surface area (Å²) in [5.41, 5.74) is 3.34. The van der Waals surface area contributed by atoms with E-state index < -0.39 is 5.54 Å². The zero-order chi connectivity index (χ0) is 22.2. The first kappa shape index (κ1) is 21.3. The zero-order valence-electron chi connectivity index (χ0n) is 18.6. The largest absolute Gasteiger partial charge is 0.497 e. The monoisotopic (exact) mass is 422 g/mol. The molecule has 4 rings (SSSR count). The molecule has 0 aliphatic carbocycles. The number of benzene rings is 1. The van der Waals surface area contributed by atoms with Crippen LogP contribution in [0.2, 0.25) is 0 Å². The molecule has 1 saturated heterocycles.